The van der Waals surface area contributed by atoms with E-state index in [1.807, 2.05) is 23.1 Å². The summed E-state index contributed by atoms with van der Waals surface area (Å²) < 4.78 is 4.13. The van der Waals surface area contributed by atoms with E-state index in [2.05, 4.69) is 64.6 Å². The molecule has 4 heteroatoms. The predicted molar refractivity (Wildman–Crippen MR) is 85.2 cm³/mol. The number of nitrogens with zero attached hydrogens (tertiary/aromatic N) is 3. The van der Waals surface area contributed by atoms with Gasteiger partial charge < -0.3 is 9.88 Å². The van der Waals surface area contributed by atoms with Gasteiger partial charge in [-0.15, -0.1) is 0 Å². The molecule has 0 bridgehead atoms. The van der Waals surface area contributed by atoms with E-state index in [-0.39, 0.29) is 0 Å². The largest absolute Gasteiger partial charge is 0.381 e. The minimum Gasteiger partial charge on any atom is -0.381 e. The Bertz CT molecular complexity index is 682. The molecule has 0 atom stereocenters. The van der Waals surface area contributed by atoms with Crippen molar-refractivity contribution >= 4 is 5.69 Å². The molecule has 21 heavy (non-hydrogen) atoms. The number of rotatable bonds is 6. The maximum Gasteiger partial charge on any atom is 0.0679 e. The van der Waals surface area contributed by atoms with E-state index in [0.717, 1.165) is 25.3 Å². The molecule has 108 valence electrons. The third kappa shape index (κ3) is 3.34. The second-order valence-electron chi connectivity index (χ2n) is 5.06. The Balaban J connectivity index is 1.70. The van der Waals surface area contributed by atoms with E-state index in [9.17, 15) is 0 Å². The number of hydrogen-bond acceptors (Lipinski definition) is 2. The lowest BCUT2D eigenvalue weighted by Gasteiger charge is -2.11. The summed E-state index contributed by atoms with van der Waals surface area (Å²) in [7, 11) is 0. The summed E-state index contributed by atoms with van der Waals surface area (Å²) in [5.74, 6) is 0. The first-order valence-corrected chi connectivity index (χ1v) is 7.29. The molecule has 0 aliphatic heterocycles. The lowest BCUT2D eigenvalue weighted by molar-refractivity contribution is 0.687. The number of aryl methyl sites for hydroxylation is 1. The van der Waals surface area contributed by atoms with Crippen LogP contribution in [0.5, 0.6) is 0 Å². The summed E-state index contributed by atoms with van der Waals surface area (Å²) in [4.78, 5) is 0. The zero-order valence-electron chi connectivity index (χ0n) is 12.2. The highest BCUT2D eigenvalue weighted by molar-refractivity contribution is 5.51. The van der Waals surface area contributed by atoms with Crippen LogP contribution in [0.4, 0.5) is 5.69 Å². The third-order valence-corrected chi connectivity index (χ3v) is 3.57. The van der Waals surface area contributed by atoms with Gasteiger partial charge in [0.15, 0.2) is 0 Å². The summed E-state index contributed by atoms with van der Waals surface area (Å²) in [5, 5.41) is 7.80. The van der Waals surface area contributed by atoms with Gasteiger partial charge in [-0.3, -0.25) is 4.68 Å². The lowest BCUT2D eigenvalue weighted by Crippen LogP contribution is -2.06. The van der Waals surface area contributed by atoms with Gasteiger partial charge >= 0.3 is 0 Å². The molecule has 0 spiro atoms. The molecule has 1 N–H and O–H groups in total. The Morgan fingerprint density at radius 2 is 2.00 bits per heavy atom. The first kappa shape index (κ1) is 13.5. The van der Waals surface area contributed by atoms with Gasteiger partial charge in [0.1, 0.15) is 0 Å². The van der Waals surface area contributed by atoms with Crippen molar-refractivity contribution in [1.82, 2.24) is 14.3 Å². The van der Waals surface area contributed by atoms with Crippen molar-refractivity contribution in [3.63, 3.8) is 0 Å². The number of hydrogen-bond donors (Lipinski definition) is 1. The third-order valence-electron chi connectivity index (χ3n) is 3.57. The molecule has 2 heterocycles. The minimum absolute atomic E-state index is 0.784. The SMILES string of the molecule is CCn1ccc(CNc2ccccc2Cn2cccn2)c1. The van der Waals surface area contributed by atoms with Crippen LogP contribution in [-0.4, -0.2) is 14.3 Å². The van der Waals surface area contributed by atoms with Gasteiger partial charge in [-0.2, -0.15) is 5.10 Å². The van der Waals surface area contributed by atoms with Crippen LogP contribution >= 0.6 is 0 Å². The van der Waals surface area contributed by atoms with Crippen LogP contribution in [0.2, 0.25) is 0 Å². The monoisotopic (exact) mass is 280 g/mol. The summed E-state index contributed by atoms with van der Waals surface area (Å²) >= 11 is 0. The highest BCUT2D eigenvalue weighted by atomic mass is 15.3. The van der Waals surface area contributed by atoms with Crippen LogP contribution in [-0.2, 0) is 19.6 Å². The molecule has 0 saturated carbocycles. The molecule has 0 aliphatic carbocycles. The van der Waals surface area contributed by atoms with Crippen molar-refractivity contribution in [2.75, 3.05) is 5.32 Å². The summed E-state index contributed by atoms with van der Waals surface area (Å²) in [6.07, 6.45) is 8.09. The van der Waals surface area contributed by atoms with Gasteiger partial charge in [0.2, 0.25) is 0 Å². The van der Waals surface area contributed by atoms with Crippen molar-refractivity contribution in [1.29, 1.82) is 0 Å². The Hall–Kier alpha value is -2.49. The van der Waals surface area contributed by atoms with Crippen molar-refractivity contribution in [3.8, 4) is 0 Å². The van der Waals surface area contributed by atoms with Crippen molar-refractivity contribution in [2.45, 2.75) is 26.6 Å². The summed E-state index contributed by atoms with van der Waals surface area (Å²) in [5.41, 5.74) is 3.71. The van der Waals surface area contributed by atoms with E-state index in [0.29, 0.717) is 0 Å². The normalized spacial score (nSPS) is 10.7. The van der Waals surface area contributed by atoms with E-state index < -0.39 is 0 Å². The standard InChI is InChI=1S/C17H20N4/c1-2-20-11-8-15(13-20)12-18-17-7-4-3-6-16(17)14-21-10-5-9-19-21/h3-11,13,18H,2,12,14H2,1H3. The van der Waals surface area contributed by atoms with Gasteiger partial charge in [-0.05, 0) is 36.2 Å². The van der Waals surface area contributed by atoms with E-state index >= 15 is 0 Å². The fraction of sp³-hybridized carbons (Fsp3) is 0.235. The van der Waals surface area contributed by atoms with Crippen molar-refractivity contribution in [3.05, 3.63) is 72.3 Å². The van der Waals surface area contributed by atoms with Crippen molar-refractivity contribution in [2.24, 2.45) is 0 Å². The fourth-order valence-corrected chi connectivity index (χ4v) is 2.39. The molecule has 0 amide bonds. The maximum absolute atomic E-state index is 4.27. The van der Waals surface area contributed by atoms with Crippen LogP contribution in [0.1, 0.15) is 18.1 Å². The molecule has 4 nitrogen and oxygen atoms in total. The molecular weight excluding hydrogens is 260 g/mol. The molecular formula is C17H20N4. The van der Waals surface area contributed by atoms with Crippen LogP contribution in [0.3, 0.4) is 0 Å². The quantitative estimate of drug-likeness (QED) is 0.751. The maximum atomic E-state index is 4.27. The van der Waals surface area contributed by atoms with E-state index in [1.54, 1.807) is 0 Å². The molecule has 0 fully saturated rings. The number of anilines is 1. The number of para-hydroxylation sites is 1. The lowest BCUT2D eigenvalue weighted by atomic mass is 10.1. The molecule has 1 aromatic carbocycles. The molecule has 3 rings (SSSR count). The van der Waals surface area contributed by atoms with E-state index in [1.165, 1.54) is 11.1 Å². The average Bonchev–Trinajstić information content (AvgIpc) is 3.17. The van der Waals surface area contributed by atoms with Gasteiger partial charge in [0.05, 0.1) is 6.54 Å². The first-order valence-electron chi connectivity index (χ1n) is 7.29. The second-order valence-corrected chi connectivity index (χ2v) is 5.06. The summed E-state index contributed by atoms with van der Waals surface area (Å²) in [6, 6.07) is 12.5. The summed E-state index contributed by atoms with van der Waals surface area (Å²) in [6.45, 7) is 4.78. The van der Waals surface area contributed by atoms with Crippen LogP contribution < -0.4 is 5.32 Å². The number of aromatic nitrogens is 3. The molecule has 0 unspecified atom stereocenters. The predicted octanol–water partition coefficient (Wildman–Crippen LogP) is 3.36. The van der Waals surface area contributed by atoms with Gasteiger partial charge in [-0.1, -0.05) is 18.2 Å². The van der Waals surface area contributed by atoms with Crippen LogP contribution in [0, 0.1) is 0 Å². The van der Waals surface area contributed by atoms with Crippen LogP contribution in [0.25, 0.3) is 0 Å². The number of nitrogens with one attached hydrogen (secondary N) is 1. The Kier molecular flexibility index (Phi) is 4.05. The number of benzene rings is 1. The molecule has 0 aliphatic rings. The highest BCUT2D eigenvalue weighted by Gasteiger charge is 2.03. The zero-order valence-corrected chi connectivity index (χ0v) is 12.2. The van der Waals surface area contributed by atoms with E-state index in [4.69, 9.17) is 0 Å². The Morgan fingerprint density at radius 1 is 1.10 bits per heavy atom. The second kappa shape index (κ2) is 6.31. The average molecular weight is 280 g/mol. The minimum atomic E-state index is 0.784. The highest BCUT2D eigenvalue weighted by Crippen LogP contribution is 2.17. The van der Waals surface area contributed by atoms with Crippen molar-refractivity contribution < 1.29 is 0 Å². The fourth-order valence-electron chi connectivity index (χ4n) is 2.39. The molecule has 0 radical (unpaired) electrons. The molecule has 2 aromatic heterocycles. The van der Waals surface area contributed by atoms with Gasteiger partial charge in [0, 0.05) is 43.6 Å². The van der Waals surface area contributed by atoms with Gasteiger partial charge in [-0.25, -0.2) is 0 Å². The molecule has 0 saturated heterocycles. The smallest absolute Gasteiger partial charge is 0.0679 e. The Labute approximate surface area is 125 Å². The van der Waals surface area contributed by atoms with Gasteiger partial charge in [0.25, 0.3) is 0 Å². The molecule has 3 aromatic rings. The zero-order chi connectivity index (χ0) is 14.5. The first-order chi connectivity index (χ1) is 10.3. The Morgan fingerprint density at radius 3 is 2.76 bits per heavy atom. The van der Waals surface area contributed by atoms with Crippen LogP contribution in [0.15, 0.2) is 61.2 Å². The topological polar surface area (TPSA) is 34.8 Å².